The molecule has 3 rings (SSSR count). The highest BCUT2D eigenvalue weighted by atomic mass is 32.2. The minimum Gasteiger partial charge on any atom is -0.616 e. The van der Waals surface area contributed by atoms with Crippen LogP contribution in [0.3, 0.4) is 0 Å². The summed E-state index contributed by atoms with van der Waals surface area (Å²) in [6.45, 7) is 3.79. The zero-order valence-corrected chi connectivity index (χ0v) is 16.0. The number of nitrogens with zero attached hydrogens (tertiary/aromatic N) is 1. The van der Waals surface area contributed by atoms with Crippen molar-refractivity contribution in [2.24, 2.45) is 0 Å². The molecule has 0 saturated heterocycles. The van der Waals surface area contributed by atoms with Crippen molar-refractivity contribution in [2.75, 3.05) is 16.8 Å². The molecule has 1 heterocycles. The number of nitrogens with two attached hydrogens (primary N) is 1. The molecule has 6 nitrogen and oxygen atoms in total. The largest absolute Gasteiger partial charge is 0.616 e. The number of hydrogen-bond acceptors (Lipinski definition) is 5. The average Bonchev–Trinajstić information content (AvgIpc) is 2.98. The number of oxazole rings is 1. The number of nitrogen functional groups attached to an aromatic ring is 1. The zero-order chi connectivity index (χ0) is 19.4. The van der Waals surface area contributed by atoms with E-state index >= 15 is 0 Å². The first-order chi connectivity index (χ1) is 12.9. The van der Waals surface area contributed by atoms with Gasteiger partial charge in [0.15, 0.2) is 11.5 Å². The van der Waals surface area contributed by atoms with Gasteiger partial charge in [0, 0.05) is 5.56 Å². The predicted molar refractivity (Wildman–Crippen MR) is 108 cm³/mol. The highest BCUT2D eigenvalue weighted by Gasteiger charge is 2.20. The van der Waals surface area contributed by atoms with E-state index in [4.69, 9.17) is 10.2 Å². The highest BCUT2D eigenvalue weighted by molar-refractivity contribution is 7.91. The van der Waals surface area contributed by atoms with E-state index in [1.54, 1.807) is 31.2 Å². The van der Waals surface area contributed by atoms with E-state index in [2.05, 4.69) is 10.3 Å². The Morgan fingerprint density at radius 1 is 1.19 bits per heavy atom. The van der Waals surface area contributed by atoms with Crippen LogP contribution < -0.4 is 11.1 Å². The van der Waals surface area contributed by atoms with E-state index < -0.39 is 11.2 Å². The molecule has 0 saturated carbocycles. The third-order valence-electron chi connectivity index (χ3n) is 4.02. The van der Waals surface area contributed by atoms with Crippen LogP contribution in [0.2, 0.25) is 0 Å². The summed E-state index contributed by atoms with van der Waals surface area (Å²) in [5.41, 5.74) is 9.37. The first-order valence-electron chi connectivity index (χ1n) is 8.45. The maximum Gasteiger partial charge on any atom is 0.274 e. The SMILES string of the molecule is Cc1ccc(-c2nc(C[S+]([O-])CC(=O)Nc3ccccc3N)c(C)o2)cc1. The lowest BCUT2D eigenvalue weighted by Crippen LogP contribution is -2.24. The first kappa shape index (κ1) is 19.0. The Balaban J connectivity index is 1.62. The second-order valence-corrected chi connectivity index (χ2v) is 7.71. The van der Waals surface area contributed by atoms with Gasteiger partial charge in [-0.2, -0.15) is 0 Å². The van der Waals surface area contributed by atoms with Crippen molar-refractivity contribution in [2.45, 2.75) is 19.6 Å². The Bertz CT molecular complexity index is 938. The van der Waals surface area contributed by atoms with Crippen LogP contribution in [-0.2, 0) is 21.7 Å². The summed E-state index contributed by atoms with van der Waals surface area (Å²) in [7, 11) is 0. The van der Waals surface area contributed by atoms with Crippen LogP contribution in [0, 0.1) is 13.8 Å². The molecule has 0 aliphatic rings. The summed E-state index contributed by atoms with van der Waals surface area (Å²) in [6, 6.07) is 14.8. The normalized spacial score (nSPS) is 12.0. The second-order valence-electron chi connectivity index (χ2n) is 6.25. The van der Waals surface area contributed by atoms with Crippen molar-refractivity contribution in [3.05, 3.63) is 65.5 Å². The van der Waals surface area contributed by atoms with Gasteiger partial charge in [0.25, 0.3) is 5.91 Å². The Labute approximate surface area is 161 Å². The van der Waals surface area contributed by atoms with Crippen LogP contribution in [0.5, 0.6) is 0 Å². The molecule has 3 aromatic rings. The lowest BCUT2D eigenvalue weighted by atomic mass is 10.1. The summed E-state index contributed by atoms with van der Waals surface area (Å²) in [5.74, 6) is 0.748. The first-order valence-corrected chi connectivity index (χ1v) is 9.94. The molecule has 3 N–H and O–H groups in total. The Morgan fingerprint density at radius 2 is 1.89 bits per heavy atom. The second kappa shape index (κ2) is 8.28. The lowest BCUT2D eigenvalue weighted by Gasteiger charge is -2.11. The van der Waals surface area contributed by atoms with Crippen molar-refractivity contribution >= 4 is 28.5 Å². The molecule has 7 heteroatoms. The van der Waals surface area contributed by atoms with Gasteiger partial charge in [-0.1, -0.05) is 29.8 Å². The van der Waals surface area contributed by atoms with E-state index in [9.17, 15) is 9.35 Å². The quantitative estimate of drug-likeness (QED) is 0.501. The fraction of sp³-hybridized carbons (Fsp3) is 0.200. The Hall–Kier alpha value is -2.77. The van der Waals surface area contributed by atoms with Crippen LogP contribution in [0.15, 0.2) is 52.9 Å². The molecule has 1 amide bonds. The van der Waals surface area contributed by atoms with Crippen molar-refractivity contribution in [3.63, 3.8) is 0 Å². The zero-order valence-electron chi connectivity index (χ0n) is 15.2. The molecule has 27 heavy (non-hydrogen) atoms. The molecule has 0 aliphatic carbocycles. The molecular weight excluding hydrogens is 362 g/mol. The number of carbonyl (C=O) groups is 1. The molecule has 2 aromatic carbocycles. The predicted octanol–water partition coefficient (Wildman–Crippen LogP) is 3.43. The fourth-order valence-electron chi connectivity index (χ4n) is 2.53. The maximum absolute atomic E-state index is 12.4. The molecule has 0 bridgehead atoms. The highest BCUT2D eigenvalue weighted by Crippen LogP contribution is 2.23. The molecule has 0 aliphatic heterocycles. The number of benzene rings is 2. The summed E-state index contributed by atoms with van der Waals surface area (Å²) in [6.07, 6.45) is 0. The van der Waals surface area contributed by atoms with Crippen LogP contribution in [-0.4, -0.2) is 21.2 Å². The minimum absolute atomic E-state index is 0.138. The monoisotopic (exact) mass is 383 g/mol. The Kier molecular flexibility index (Phi) is 5.83. The van der Waals surface area contributed by atoms with Gasteiger partial charge >= 0.3 is 0 Å². The Morgan fingerprint density at radius 3 is 2.59 bits per heavy atom. The van der Waals surface area contributed by atoms with E-state index in [-0.39, 0.29) is 17.4 Å². The van der Waals surface area contributed by atoms with Gasteiger partial charge in [-0.05, 0) is 49.3 Å². The van der Waals surface area contributed by atoms with Crippen molar-refractivity contribution in [1.29, 1.82) is 0 Å². The van der Waals surface area contributed by atoms with E-state index in [0.717, 1.165) is 11.1 Å². The van der Waals surface area contributed by atoms with E-state index in [0.29, 0.717) is 28.7 Å². The summed E-state index contributed by atoms with van der Waals surface area (Å²) in [4.78, 5) is 16.5. The van der Waals surface area contributed by atoms with E-state index in [1.165, 1.54) is 0 Å². The third kappa shape index (κ3) is 4.90. The molecule has 1 unspecified atom stereocenters. The summed E-state index contributed by atoms with van der Waals surface area (Å²) in [5, 5.41) is 2.68. The van der Waals surface area contributed by atoms with Crippen molar-refractivity contribution in [3.8, 4) is 11.5 Å². The number of anilines is 2. The smallest absolute Gasteiger partial charge is 0.274 e. The summed E-state index contributed by atoms with van der Waals surface area (Å²) < 4.78 is 18.1. The topological polar surface area (TPSA) is 104 Å². The van der Waals surface area contributed by atoms with Crippen molar-refractivity contribution < 1.29 is 13.8 Å². The third-order valence-corrected chi connectivity index (χ3v) is 5.20. The van der Waals surface area contributed by atoms with Crippen LogP contribution in [0.25, 0.3) is 11.5 Å². The molecule has 0 radical (unpaired) electrons. The molecule has 0 fully saturated rings. The number of aromatic nitrogens is 1. The number of hydrogen-bond donors (Lipinski definition) is 2. The van der Waals surface area contributed by atoms with E-state index in [1.807, 2.05) is 31.2 Å². The summed E-state index contributed by atoms with van der Waals surface area (Å²) >= 11 is -1.41. The van der Waals surface area contributed by atoms with Gasteiger partial charge in [0.2, 0.25) is 5.89 Å². The molecule has 1 aromatic heterocycles. The number of rotatable bonds is 6. The van der Waals surface area contributed by atoms with Gasteiger partial charge in [-0.15, -0.1) is 0 Å². The van der Waals surface area contributed by atoms with Gasteiger partial charge < -0.3 is 20.0 Å². The number of nitrogens with one attached hydrogen (secondary N) is 1. The van der Waals surface area contributed by atoms with Crippen molar-refractivity contribution in [1.82, 2.24) is 4.98 Å². The maximum atomic E-state index is 12.4. The number of amides is 1. The van der Waals surface area contributed by atoms with Crippen LogP contribution in [0.4, 0.5) is 11.4 Å². The minimum atomic E-state index is -1.41. The van der Waals surface area contributed by atoms with Gasteiger partial charge in [0.05, 0.1) is 11.4 Å². The average molecular weight is 383 g/mol. The van der Waals surface area contributed by atoms with Crippen LogP contribution in [0.1, 0.15) is 17.0 Å². The van der Waals surface area contributed by atoms with Gasteiger partial charge in [0.1, 0.15) is 11.5 Å². The molecule has 140 valence electrons. The van der Waals surface area contributed by atoms with Crippen LogP contribution >= 0.6 is 0 Å². The lowest BCUT2D eigenvalue weighted by molar-refractivity contribution is -0.113. The standard InChI is InChI=1S/C20H21N3O3S/c1-13-7-9-15(10-8-13)20-23-18(14(2)26-20)11-27(25)12-19(24)22-17-6-4-3-5-16(17)21/h3-10H,11-12,21H2,1-2H3,(H,22,24). The fourth-order valence-corrected chi connectivity index (χ4v) is 3.57. The molecule has 0 spiro atoms. The van der Waals surface area contributed by atoms with Gasteiger partial charge in [-0.25, -0.2) is 4.98 Å². The number of carbonyl (C=O) groups excluding carboxylic acids is 1. The number of para-hydroxylation sites is 2. The number of aryl methyl sites for hydroxylation is 2. The van der Waals surface area contributed by atoms with Gasteiger partial charge in [-0.3, -0.25) is 4.79 Å². The molecule has 1 atom stereocenters. The molecular formula is C20H21N3O3S.